The van der Waals surface area contributed by atoms with Crippen LogP contribution >= 0.6 is 0 Å². The lowest BCUT2D eigenvalue weighted by molar-refractivity contribution is 0.0970. The number of aromatic nitrogens is 2. The summed E-state index contributed by atoms with van der Waals surface area (Å²) in [5.74, 6) is 0.271. The van der Waals surface area contributed by atoms with Gasteiger partial charge in [0.15, 0.2) is 5.78 Å². The van der Waals surface area contributed by atoms with Crippen molar-refractivity contribution in [1.82, 2.24) is 9.13 Å². The van der Waals surface area contributed by atoms with Gasteiger partial charge in [0.05, 0.1) is 19.3 Å². The van der Waals surface area contributed by atoms with Crippen molar-refractivity contribution in [1.29, 1.82) is 5.41 Å². The number of imidazole rings is 1. The van der Waals surface area contributed by atoms with Crippen LogP contribution < -0.4 is 10.4 Å². The van der Waals surface area contributed by atoms with Crippen molar-refractivity contribution in [3.05, 3.63) is 71.7 Å². The summed E-state index contributed by atoms with van der Waals surface area (Å²) in [6.07, 6.45) is 1.73. The highest BCUT2D eigenvalue weighted by Crippen LogP contribution is 2.18. The number of hydrogen-bond donors (Lipinski definition) is 1. The summed E-state index contributed by atoms with van der Waals surface area (Å²) in [5.41, 5.74) is 2.28. The number of benzene rings is 2. The van der Waals surface area contributed by atoms with Gasteiger partial charge in [-0.25, -0.2) is 4.39 Å². The van der Waals surface area contributed by atoms with Gasteiger partial charge in [0.2, 0.25) is 5.62 Å². The molecule has 128 valence electrons. The van der Waals surface area contributed by atoms with Gasteiger partial charge < -0.3 is 13.9 Å². The average Bonchev–Trinajstić information content (AvgIpc) is 2.91. The highest BCUT2D eigenvalue weighted by molar-refractivity contribution is 5.96. The summed E-state index contributed by atoms with van der Waals surface area (Å²) >= 11 is 0. The second-order valence-electron chi connectivity index (χ2n) is 5.68. The molecule has 3 rings (SSSR count). The number of nitrogens with one attached hydrogen (secondary N) is 1. The third-order valence-corrected chi connectivity index (χ3v) is 4.10. The number of carbonyl (C=O) groups excluding carboxylic acids is 1. The van der Waals surface area contributed by atoms with Crippen molar-refractivity contribution in [2.24, 2.45) is 7.05 Å². The standard InChI is InChI=1S/C19H18FN3O2/c1-22-17(13-3-7-15(20)8-4-13)11-23(19(22)21)12-18(24)14-5-9-16(25-2)10-6-14/h3-11,21H,12H2,1-2H3. The van der Waals surface area contributed by atoms with Gasteiger partial charge in [0, 0.05) is 18.8 Å². The minimum atomic E-state index is -0.313. The van der Waals surface area contributed by atoms with E-state index < -0.39 is 0 Å². The molecule has 2 aromatic carbocycles. The van der Waals surface area contributed by atoms with E-state index in [9.17, 15) is 9.18 Å². The number of methoxy groups -OCH3 is 1. The van der Waals surface area contributed by atoms with Gasteiger partial charge in [-0.15, -0.1) is 0 Å². The van der Waals surface area contributed by atoms with E-state index in [4.69, 9.17) is 10.1 Å². The minimum Gasteiger partial charge on any atom is -0.497 e. The average molecular weight is 339 g/mol. The van der Waals surface area contributed by atoms with Crippen LogP contribution in [0.15, 0.2) is 54.7 Å². The molecule has 0 fully saturated rings. The Morgan fingerprint density at radius 3 is 2.36 bits per heavy atom. The van der Waals surface area contributed by atoms with E-state index in [1.807, 2.05) is 0 Å². The predicted molar refractivity (Wildman–Crippen MR) is 92.0 cm³/mol. The van der Waals surface area contributed by atoms with Crippen molar-refractivity contribution in [2.75, 3.05) is 7.11 Å². The van der Waals surface area contributed by atoms with Crippen LogP contribution in [0.4, 0.5) is 4.39 Å². The smallest absolute Gasteiger partial charge is 0.202 e. The summed E-state index contributed by atoms with van der Waals surface area (Å²) in [6, 6.07) is 12.9. The molecule has 0 aliphatic rings. The minimum absolute atomic E-state index is 0.0558. The lowest BCUT2D eigenvalue weighted by Gasteiger charge is -2.04. The predicted octanol–water partition coefficient (Wildman–Crippen LogP) is 3.00. The van der Waals surface area contributed by atoms with E-state index in [0.717, 1.165) is 11.3 Å². The summed E-state index contributed by atoms with van der Waals surface area (Å²) < 4.78 is 21.4. The van der Waals surface area contributed by atoms with Crippen molar-refractivity contribution < 1.29 is 13.9 Å². The maximum Gasteiger partial charge on any atom is 0.202 e. The van der Waals surface area contributed by atoms with Crippen LogP contribution in [0, 0.1) is 11.2 Å². The molecular weight excluding hydrogens is 321 g/mol. The molecule has 0 aliphatic carbocycles. The highest BCUT2D eigenvalue weighted by Gasteiger charge is 2.12. The van der Waals surface area contributed by atoms with Gasteiger partial charge in [0.1, 0.15) is 11.6 Å². The molecule has 0 saturated carbocycles. The molecule has 0 spiro atoms. The third kappa shape index (κ3) is 3.38. The lowest BCUT2D eigenvalue weighted by Crippen LogP contribution is -2.25. The van der Waals surface area contributed by atoms with Gasteiger partial charge in [-0.3, -0.25) is 10.2 Å². The number of ether oxygens (including phenoxy) is 1. The Morgan fingerprint density at radius 1 is 1.12 bits per heavy atom. The van der Waals surface area contributed by atoms with Crippen LogP contribution in [0.3, 0.4) is 0 Å². The lowest BCUT2D eigenvalue weighted by atomic mass is 10.1. The van der Waals surface area contributed by atoms with Gasteiger partial charge >= 0.3 is 0 Å². The number of nitrogens with zero attached hydrogens (tertiary/aromatic N) is 2. The van der Waals surface area contributed by atoms with E-state index in [0.29, 0.717) is 11.3 Å². The Balaban J connectivity index is 1.87. The summed E-state index contributed by atoms with van der Waals surface area (Å²) in [7, 11) is 3.31. The topological polar surface area (TPSA) is 60.0 Å². The maximum absolute atomic E-state index is 13.1. The Labute approximate surface area is 144 Å². The monoisotopic (exact) mass is 339 g/mol. The SMILES string of the molecule is COc1ccc(C(=O)Cn2cc(-c3ccc(F)cc3)n(C)c2=N)cc1. The van der Waals surface area contributed by atoms with Crippen LogP contribution in [0.25, 0.3) is 11.3 Å². The molecular formula is C19H18FN3O2. The van der Waals surface area contributed by atoms with Crippen LogP contribution in [0.1, 0.15) is 10.4 Å². The van der Waals surface area contributed by atoms with Crippen molar-refractivity contribution in [3.63, 3.8) is 0 Å². The number of hydrogen-bond acceptors (Lipinski definition) is 3. The number of rotatable bonds is 5. The van der Waals surface area contributed by atoms with Crippen molar-refractivity contribution >= 4 is 5.78 Å². The molecule has 0 unspecified atom stereocenters. The summed E-state index contributed by atoms with van der Waals surface area (Å²) in [4.78, 5) is 12.5. The number of carbonyl (C=O) groups is 1. The molecule has 0 amide bonds. The highest BCUT2D eigenvalue weighted by atomic mass is 19.1. The summed E-state index contributed by atoms with van der Waals surface area (Å²) in [6.45, 7) is 0.0558. The fourth-order valence-corrected chi connectivity index (χ4v) is 2.63. The Morgan fingerprint density at radius 2 is 1.76 bits per heavy atom. The molecule has 1 heterocycles. The summed E-state index contributed by atoms with van der Waals surface area (Å²) in [5, 5.41) is 8.21. The second kappa shape index (κ2) is 6.76. The van der Waals surface area contributed by atoms with E-state index in [1.165, 1.54) is 12.1 Å². The molecule has 0 aliphatic heterocycles. The van der Waals surface area contributed by atoms with E-state index in [-0.39, 0.29) is 23.8 Å². The molecule has 6 heteroatoms. The second-order valence-corrected chi connectivity index (χ2v) is 5.68. The fraction of sp³-hybridized carbons (Fsp3) is 0.158. The normalized spacial score (nSPS) is 10.7. The Bertz CT molecular complexity index is 954. The molecule has 1 N–H and O–H groups in total. The first-order chi connectivity index (χ1) is 12.0. The van der Waals surface area contributed by atoms with Crippen LogP contribution in [0.2, 0.25) is 0 Å². The maximum atomic E-state index is 13.1. The number of halogens is 1. The molecule has 3 aromatic rings. The zero-order valence-corrected chi connectivity index (χ0v) is 14.0. The molecule has 1 aromatic heterocycles. The van der Waals surface area contributed by atoms with E-state index in [1.54, 1.807) is 65.9 Å². The largest absolute Gasteiger partial charge is 0.497 e. The van der Waals surface area contributed by atoms with Gasteiger partial charge in [0.25, 0.3) is 0 Å². The van der Waals surface area contributed by atoms with Crippen molar-refractivity contribution in [3.8, 4) is 17.0 Å². The number of Topliss-reactive ketones (excluding diaryl/α,β-unsaturated/α-hetero) is 1. The zero-order chi connectivity index (χ0) is 18.0. The molecule has 25 heavy (non-hydrogen) atoms. The van der Waals surface area contributed by atoms with Crippen molar-refractivity contribution in [2.45, 2.75) is 6.54 Å². The van der Waals surface area contributed by atoms with Crippen LogP contribution in [-0.4, -0.2) is 22.0 Å². The van der Waals surface area contributed by atoms with Gasteiger partial charge in [-0.1, -0.05) is 0 Å². The Hall–Kier alpha value is -3.15. The zero-order valence-electron chi connectivity index (χ0n) is 14.0. The van der Waals surface area contributed by atoms with E-state index >= 15 is 0 Å². The van der Waals surface area contributed by atoms with E-state index in [2.05, 4.69) is 0 Å². The molecule has 0 saturated heterocycles. The first-order valence-corrected chi connectivity index (χ1v) is 7.73. The molecule has 0 radical (unpaired) electrons. The Kier molecular flexibility index (Phi) is 4.52. The first-order valence-electron chi connectivity index (χ1n) is 7.73. The quantitative estimate of drug-likeness (QED) is 0.727. The van der Waals surface area contributed by atoms with Crippen LogP contribution in [-0.2, 0) is 13.6 Å². The molecule has 0 atom stereocenters. The third-order valence-electron chi connectivity index (χ3n) is 4.10. The molecule has 0 bridgehead atoms. The van der Waals surface area contributed by atoms with Gasteiger partial charge in [-0.05, 0) is 54.1 Å². The first kappa shape index (κ1) is 16.7. The van der Waals surface area contributed by atoms with Gasteiger partial charge in [-0.2, -0.15) is 0 Å². The number of ketones is 1. The van der Waals surface area contributed by atoms with Crippen LogP contribution in [0.5, 0.6) is 5.75 Å². The molecule has 5 nitrogen and oxygen atoms in total. The fourth-order valence-electron chi connectivity index (χ4n) is 2.63.